The molecule has 0 radical (unpaired) electrons. The maximum absolute atomic E-state index is 12.4. The summed E-state index contributed by atoms with van der Waals surface area (Å²) in [5.74, 6) is -1.72. The van der Waals surface area contributed by atoms with Gasteiger partial charge in [0.1, 0.15) is 18.2 Å². The molecule has 7 nitrogen and oxygen atoms in total. The highest BCUT2D eigenvalue weighted by Gasteiger charge is 2.32. The summed E-state index contributed by atoms with van der Waals surface area (Å²) in [6, 6.07) is 6.88. The van der Waals surface area contributed by atoms with Crippen LogP contribution in [0.4, 0.5) is 14.6 Å². The lowest BCUT2D eigenvalue weighted by molar-refractivity contribution is 0.0818. The van der Waals surface area contributed by atoms with Crippen LogP contribution in [0.25, 0.3) is 5.69 Å². The average molecular weight is 335 g/mol. The standard InChI is InChI=1S/C15H11F2N3O4/c16-10(17)6-24-9-4-2-1-3-8(9)20-11(21)5-7-12(13(20)18)15(23)19-14(7)22/h1-5,10H,6,18H2,(H,19,22,23). The van der Waals surface area contributed by atoms with Gasteiger partial charge in [-0.2, -0.15) is 0 Å². The van der Waals surface area contributed by atoms with E-state index in [4.69, 9.17) is 10.5 Å². The molecule has 0 spiro atoms. The number of pyridine rings is 1. The third kappa shape index (κ3) is 2.49. The fourth-order valence-corrected chi connectivity index (χ4v) is 2.44. The highest BCUT2D eigenvalue weighted by molar-refractivity contribution is 6.23. The number of para-hydroxylation sites is 2. The van der Waals surface area contributed by atoms with Crippen molar-refractivity contribution in [1.29, 1.82) is 0 Å². The molecule has 0 unspecified atom stereocenters. The van der Waals surface area contributed by atoms with Gasteiger partial charge in [0.2, 0.25) is 0 Å². The third-order valence-electron chi connectivity index (χ3n) is 3.42. The monoisotopic (exact) mass is 335 g/mol. The maximum atomic E-state index is 12.4. The molecule has 9 heteroatoms. The zero-order chi connectivity index (χ0) is 17.4. The molecule has 24 heavy (non-hydrogen) atoms. The van der Waals surface area contributed by atoms with E-state index in [-0.39, 0.29) is 28.4 Å². The highest BCUT2D eigenvalue weighted by atomic mass is 19.3. The Kier molecular flexibility index (Phi) is 3.76. The fraction of sp³-hybridized carbons (Fsp3) is 0.133. The molecular weight excluding hydrogens is 324 g/mol. The van der Waals surface area contributed by atoms with Crippen molar-refractivity contribution in [2.24, 2.45) is 0 Å². The number of hydrogen-bond donors (Lipinski definition) is 2. The van der Waals surface area contributed by atoms with Gasteiger partial charge >= 0.3 is 0 Å². The number of nitrogen functional groups attached to an aromatic ring is 1. The van der Waals surface area contributed by atoms with E-state index in [1.165, 1.54) is 18.2 Å². The van der Waals surface area contributed by atoms with Crippen molar-refractivity contribution in [1.82, 2.24) is 9.88 Å². The molecule has 1 aliphatic rings. The number of anilines is 1. The summed E-state index contributed by atoms with van der Waals surface area (Å²) < 4.78 is 30.7. The molecule has 1 aromatic carbocycles. The van der Waals surface area contributed by atoms with Crippen molar-refractivity contribution in [3.05, 3.63) is 51.8 Å². The lowest BCUT2D eigenvalue weighted by Gasteiger charge is -2.16. The van der Waals surface area contributed by atoms with Gasteiger partial charge in [0.25, 0.3) is 23.8 Å². The van der Waals surface area contributed by atoms with E-state index in [1.54, 1.807) is 6.07 Å². The van der Waals surface area contributed by atoms with E-state index >= 15 is 0 Å². The SMILES string of the molecule is Nc1c2c(cc(=O)n1-c1ccccc1OCC(F)F)C(=O)NC2=O. The predicted molar refractivity (Wildman–Crippen MR) is 79.7 cm³/mol. The number of ether oxygens (including phenoxy) is 1. The summed E-state index contributed by atoms with van der Waals surface area (Å²) in [6.45, 7) is -0.865. The van der Waals surface area contributed by atoms with Gasteiger partial charge < -0.3 is 10.5 Å². The van der Waals surface area contributed by atoms with Gasteiger partial charge in [-0.15, -0.1) is 0 Å². The Bertz CT molecular complexity index is 908. The summed E-state index contributed by atoms with van der Waals surface area (Å²) in [4.78, 5) is 35.8. The Labute approximate surface area is 133 Å². The lowest BCUT2D eigenvalue weighted by atomic mass is 10.1. The molecule has 0 atom stereocenters. The van der Waals surface area contributed by atoms with E-state index in [0.717, 1.165) is 10.6 Å². The number of carbonyl (C=O) groups is 2. The van der Waals surface area contributed by atoms with Crippen LogP contribution in [0.3, 0.4) is 0 Å². The smallest absolute Gasteiger partial charge is 0.272 e. The number of halogens is 2. The molecule has 1 aliphatic heterocycles. The van der Waals surface area contributed by atoms with Crippen molar-refractivity contribution in [3.63, 3.8) is 0 Å². The van der Waals surface area contributed by atoms with Crippen LogP contribution in [0.15, 0.2) is 35.1 Å². The number of alkyl halides is 2. The Morgan fingerprint density at radius 1 is 1.17 bits per heavy atom. The van der Waals surface area contributed by atoms with Gasteiger partial charge in [0.05, 0.1) is 16.8 Å². The number of amides is 2. The minimum atomic E-state index is -2.70. The third-order valence-corrected chi connectivity index (χ3v) is 3.42. The van der Waals surface area contributed by atoms with Gasteiger partial charge in [-0.25, -0.2) is 8.78 Å². The first kappa shape index (κ1) is 15.7. The van der Waals surface area contributed by atoms with Crippen LogP contribution in [0.1, 0.15) is 20.7 Å². The number of imide groups is 1. The second-order valence-electron chi connectivity index (χ2n) is 4.94. The quantitative estimate of drug-likeness (QED) is 0.810. The Morgan fingerprint density at radius 2 is 1.88 bits per heavy atom. The zero-order valence-corrected chi connectivity index (χ0v) is 12.1. The van der Waals surface area contributed by atoms with Crippen LogP contribution in [0.5, 0.6) is 5.75 Å². The van der Waals surface area contributed by atoms with Crippen LogP contribution in [-0.4, -0.2) is 29.4 Å². The van der Waals surface area contributed by atoms with Crippen molar-refractivity contribution in [2.75, 3.05) is 12.3 Å². The van der Waals surface area contributed by atoms with Crippen LogP contribution in [0.2, 0.25) is 0 Å². The molecule has 2 heterocycles. The second-order valence-corrected chi connectivity index (χ2v) is 4.94. The van der Waals surface area contributed by atoms with Gasteiger partial charge in [-0.1, -0.05) is 12.1 Å². The number of nitrogens with one attached hydrogen (secondary N) is 1. The van der Waals surface area contributed by atoms with Crippen LogP contribution in [0, 0.1) is 0 Å². The van der Waals surface area contributed by atoms with Crippen LogP contribution < -0.4 is 21.3 Å². The number of fused-ring (bicyclic) bond motifs is 1. The maximum Gasteiger partial charge on any atom is 0.272 e. The summed E-state index contributed by atoms with van der Waals surface area (Å²) >= 11 is 0. The van der Waals surface area contributed by atoms with Gasteiger partial charge in [0.15, 0.2) is 0 Å². The van der Waals surface area contributed by atoms with E-state index in [2.05, 4.69) is 0 Å². The molecule has 2 amide bonds. The zero-order valence-electron chi connectivity index (χ0n) is 12.1. The fourth-order valence-electron chi connectivity index (χ4n) is 2.44. The van der Waals surface area contributed by atoms with Crippen molar-refractivity contribution in [3.8, 4) is 11.4 Å². The van der Waals surface area contributed by atoms with Gasteiger partial charge in [0, 0.05) is 6.07 Å². The molecule has 0 saturated heterocycles. The molecule has 124 valence electrons. The van der Waals surface area contributed by atoms with E-state index < -0.39 is 30.4 Å². The highest BCUT2D eigenvalue weighted by Crippen LogP contribution is 2.27. The number of benzene rings is 1. The van der Waals surface area contributed by atoms with Gasteiger partial charge in [-0.3, -0.25) is 24.3 Å². The van der Waals surface area contributed by atoms with Crippen LogP contribution >= 0.6 is 0 Å². The summed E-state index contributed by atoms with van der Waals surface area (Å²) in [5.41, 5.74) is 5.04. The number of nitrogens with two attached hydrogens (primary N) is 1. The number of nitrogens with zero attached hydrogens (tertiary/aromatic N) is 1. The van der Waals surface area contributed by atoms with E-state index in [9.17, 15) is 23.2 Å². The van der Waals surface area contributed by atoms with Crippen molar-refractivity contribution >= 4 is 17.6 Å². The molecule has 0 aliphatic carbocycles. The Hall–Kier alpha value is -3.23. The predicted octanol–water partition coefficient (Wildman–Crippen LogP) is 0.947. The molecule has 3 N–H and O–H groups in total. The molecule has 3 rings (SSSR count). The van der Waals surface area contributed by atoms with E-state index in [0.29, 0.717) is 0 Å². The Morgan fingerprint density at radius 3 is 2.58 bits per heavy atom. The molecule has 0 fully saturated rings. The molecule has 0 saturated carbocycles. The number of rotatable bonds is 4. The first-order valence-electron chi connectivity index (χ1n) is 6.81. The van der Waals surface area contributed by atoms with Crippen molar-refractivity contribution in [2.45, 2.75) is 6.43 Å². The molecule has 0 bridgehead atoms. The summed E-state index contributed by atoms with van der Waals surface area (Å²) in [6.07, 6.45) is -2.70. The number of hydrogen-bond acceptors (Lipinski definition) is 5. The first-order chi connectivity index (χ1) is 11.4. The molecular formula is C15H11F2N3O4. The first-order valence-corrected chi connectivity index (χ1v) is 6.81. The minimum absolute atomic E-state index is 0.00344. The largest absolute Gasteiger partial charge is 0.485 e. The Balaban J connectivity index is 2.19. The number of aromatic nitrogens is 1. The summed E-state index contributed by atoms with van der Waals surface area (Å²) in [5, 5.41) is 2.04. The normalized spacial score (nSPS) is 13.1. The minimum Gasteiger partial charge on any atom is -0.485 e. The topological polar surface area (TPSA) is 103 Å². The van der Waals surface area contributed by atoms with Crippen LogP contribution in [-0.2, 0) is 0 Å². The van der Waals surface area contributed by atoms with Crippen molar-refractivity contribution < 1.29 is 23.1 Å². The van der Waals surface area contributed by atoms with E-state index in [1.807, 2.05) is 5.32 Å². The van der Waals surface area contributed by atoms with Gasteiger partial charge in [-0.05, 0) is 12.1 Å². The number of carbonyl (C=O) groups excluding carboxylic acids is 2. The lowest BCUT2D eigenvalue weighted by Crippen LogP contribution is -2.24. The second kappa shape index (κ2) is 5.76. The summed E-state index contributed by atoms with van der Waals surface area (Å²) in [7, 11) is 0. The molecule has 1 aromatic heterocycles. The average Bonchev–Trinajstić information content (AvgIpc) is 2.80. The molecule has 2 aromatic rings.